The maximum atomic E-state index is 12.7. The third-order valence-electron chi connectivity index (χ3n) is 3.93. The predicted molar refractivity (Wildman–Crippen MR) is 116 cm³/mol. The Morgan fingerprint density at radius 2 is 1.72 bits per heavy atom. The van der Waals surface area contributed by atoms with Crippen LogP contribution >= 0.6 is 11.6 Å². The van der Waals surface area contributed by atoms with E-state index in [1.54, 1.807) is 31.2 Å². The second-order valence-electron chi connectivity index (χ2n) is 6.10. The van der Waals surface area contributed by atoms with Crippen LogP contribution in [0.5, 0.6) is 5.75 Å². The Morgan fingerprint density at radius 3 is 2.28 bits per heavy atom. The number of nitrogens with one attached hydrogen (secondary N) is 1. The van der Waals surface area contributed by atoms with Crippen molar-refractivity contribution in [3.05, 3.63) is 78.9 Å². The van der Waals surface area contributed by atoms with E-state index >= 15 is 0 Å². The zero-order valence-corrected chi connectivity index (χ0v) is 17.6. The molecule has 0 heterocycles. The van der Waals surface area contributed by atoms with Gasteiger partial charge in [-0.2, -0.15) is 4.31 Å². The number of benzene rings is 2. The molecule has 1 unspecified atom stereocenters. The van der Waals surface area contributed by atoms with Crippen LogP contribution in [-0.2, 0) is 14.8 Å². The molecule has 2 rings (SSSR count). The standard InChI is InChI=1S/C21H23ClN2O4S/c1-4-14-24(15-5-2)29(26,27)18-12-10-17(11-13-18)23-21(25)16(3)28-20-9-7-6-8-19(20)22/h4-13,16H,1-2,14-15H2,3H3,(H,23,25). The van der Waals surface area contributed by atoms with E-state index in [1.807, 2.05) is 0 Å². The molecule has 0 saturated carbocycles. The molecule has 1 amide bonds. The second kappa shape index (κ2) is 10.2. The van der Waals surface area contributed by atoms with Crippen molar-refractivity contribution in [2.45, 2.75) is 17.9 Å². The molecule has 8 heteroatoms. The Bertz CT molecular complexity index is 964. The van der Waals surface area contributed by atoms with Crippen LogP contribution in [0.4, 0.5) is 5.69 Å². The smallest absolute Gasteiger partial charge is 0.265 e. The molecule has 1 N–H and O–H groups in total. The summed E-state index contributed by atoms with van der Waals surface area (Å²) in [5.74, 6) is 0.0169. The topological polar surface area (TPSA) is 75.7 Å². The predicted octanol–water partition coefficient (Wildman–Crippen LogP) is 4.11. The van der Waals surface area contributed by atoms with Gasteiger partial charge in [0.05, 0.1) is 9.92 Å². The number of sulfonamides is 1. The quantitative estimate of drug-likeness (QED) is 0.571. The molecule has 0 aliphatic carbocycles. The zero-order valence-electron chi connectivity index (χ0n) is 16.0. The highest BCUT2D eigenvalue weighted by atomic mass is 35.5. The van der Waals surface area contributed by atoms with E-state index in [2.05, 4.69) is 18.5 Å². The number of halogens is 1. The van der Waals surface area contributed by atoms with Crippen LogP contribution in [0, 0.1) is 0 Å². The van der Waals surface area contributed by atoms with E-state index < -0.39 is 16.1 Å². The number of nitrogens with zero attached hydrogens (tertiary/aromatic N) is 1. The van der Waals surface area contributed by atoms with Gasteiger partial charge < -0.3 is 10.1 Å². The molecule has 29 heavy (non-hydrogen) atoms. The maximum absolute atomic E-state index is 12.7. The minimum Gasteiger partial charge on any atom is -0.479 e. The van der Waals surface area contributed by atoms with Gasteiger partial charge >= 0.3 is 0 Å². The lowest BCUT2D eigenvalue weighted by Gasteiger charge is -2.19. The van der Waals surface area contributed by atoms with Gasteiger partial charge in [-0.05, 0) is 43.3 Å². The van der Waals surface area contributed by atoms with Gasteiger partial charge in [0, 0.05) is 18.8 Å². The summed E-state index contributed by atoms with van der Waals surface area (Å²) in [6, 6.07) is 12.8. The van der Waals surface area contributed by atoms with Gasteiger partial charge in [0.25, 0.3) is 5.91 Å². The molecule has 2 aromatic carbocycles. The first-order chi connectivity index (χ1) is 13.8. The van der Waals surface area contributed by atoms with Gasteiger partial charge in [-0.1, -0.05) is 35.9 Å². The Kier molecular flexibility index (Phi) is 8.01. The van der Waals surface area contributed by atoms with E-state index in [0.29, 0.717) is 16.5 Å². The first-order valence-corrected chi connectivity index (χ1v) is 10.7. The van der Waals surface area contributed by atoms with Crippen LogP contribution < -0.4 is 10.1 Å². The van der Waals surface area contributed by atoms with Crippen LogP contribution in [-0.4, -0.2) is 37.8 Å². The molecule has 0 aliphatic rings. The number of hydrogen-bond acceptors (Lipinski definition) is 4. The van der Waals surface area contributed by atoms with Crippen molar-refractivity contribution in [2.75, 3.05) is 18.4 Å². The summed E-state index contributed by atoms with van der Waals surface area (Å²) in [5.41, 5.74) is 0.447. The normalized spacial score (nSPS) is 12.2. The summed E-state index contributed by atoms with van der Waals surface area (Å²) in [6.07, 6.45) is 2.22. The molecule has 0 fully saturated rings. The Labute approximate surface area is 176 Å². The Morgan fingerprint density at radius 1 is 1.14 bits per heavy atom. The fraction of sp³-hybridized carbons (Fsp3) is 0.190. The first-order valence-electron chi connectivity index (χ1n) is 8.83. The Hall–Kier alpha value is -2.61. The highest BCUT2D eigenvalue weighted by molar-refractivity contribution is 7.89. The molecule has 0 bridgehead atoms. The molecule has 6 nitrogen and oxygen atoms in total. The van der Waals surface area contributed by atoms with Crippen molar-refractivity contribution in [3.8, 4) is 5.75 Å². The minimum atomic E-state index is -3.69. The maximum Gasteiger partial charge on any atom is 0.265 e. The molecule has 2 aromatic rings. The molecular formula is C21H23ClN2O4S. The van der Waals surface area contributed by atoms with Crippen LogP contribution in [0.15, 0.2) is 78.7 Å². The van der Waals surface area contributed by atoms with Crippen LogP contribution in [0.25, 0.3) is 0 Å². The fourth-order valence-corrected chi connectivity index (χ4v) is 4.01. The van der Waals surface area contributed by atoms with Crippen molar-refractivity contribution in [3.63, 3.8) is 0 Å². The van der Waals surface area contributed by atoms with Gasteiger partial charge in [-0.15, -0.1) is 13.2 Å². The third kappa shape index (κ3) is 5.93. The van der Waals surface area contributed by atoms with E-state index in [0.717, 1.165) is 0 Å². The summed E-state index contributed by atoms with van der Waals surface area (Å²) >= 11 is 6.03. The number of ether oxygens (including phenoxy) is 1. The number of anilines is 1. The fourth-order valence-electron chi connectivity index (χ4n) is 2.45. The lowest BCUT2D eigenvalue weighted by atomic mass is 10.3. The van der Waals surface area contributed by atoms with E-state index in [9.17, 15) is 13.2 Å². The summed E-state index contributed by atoms with van der Waals surface area (Å²) in [7, 11) is -3.69. The van der Waals surface area contributed by atoms with Crippen molar-refractivity contribution in [1.29, 1.82) is 0 Å². The van der Waals surface area contributed by atoms with Gasteiger partial charge in [0.2, 0.25) is 10.0 Å². The van der Waals surface area contributed by atoms with Gasteiger partial charge in [-0.25, -0.2) is 8.42 Å². The van der Waals surface area contributed by atoms with Crippen molar-refractivity contribution < 1.29 is 17.9 Å². The van der Waals surface area contributed by atoms with E-state index in [4.69, 9.17) is 16.3 Å². The summed E-state index contributed by atoms with van der Waals surface area (Å²) in [4.78, 5) is 12.5. The molecule has 0 aliphatic heterocycles. The molecule has 1 atom stereocenters. The van der Waals surface area contributed by atoms with Crippen LogP contribution in [0.3, 0.4) is 0 Å². The average Bonchev–Trinajstić information content (AvgIpc) is 2.70. The third-order valence-corrected chi connectivity index (χ3v) is 6.09. The largest absolute Gasteiger partial charge is 0.479 e. The summed E-state index contributed by atoms with van der Waals surface area (Å²) in [5, 5.41) is 3.10. The SMILES string of the molecule is C=CCN(CC=C)S(=O)(=O)c1ccc(NC(=O)C(C)Oc2ccccc2Cl)cc1. The van der Waals surface area contributed by atoms with Crippen molar-refractivity contribution in [2.24, 2.45) is 0 Å². The van der Waals surface area contributed by atoms with Gasteiger partial charge in [-0.3, -0.25) is 4.79 Å². The van der Waals surface area contributed by atoms with Crippen molar-refractivity contribution >= 4 is 33.2 Å². The van der Waals surface area contributed by atoms with Crippen LogP contribution in [0.2, 0.25) is 5.02 Å². The lowest BCUT2D eigenvalue weighted by Crippen LogP contribution is -2.31. The molecular weight excluding hydrogens is 412 g/mol. The molecule has 0 radical (unpaired) electrons. The average molecular weight is 435 g/mol. The number of amides is 1. The molecule has 0 saturated heterocycles. The highest BCUT2D eigenvalue weighted by Gasteiger charge is 2.22. The van der Waals surface area contributed by atoms with Gasteiger partial charge in [0.15, 0.2) is 6.10 Å². The summed E-state index contributed by atoms with van der Waals surface area (Å²) < 4.78 is 32.2. The van der Waals surface area contributed by atoms with Crippen molar-refractivity contribution in [1.82, 2.24) is 4.31 Å². The second-order valence-corrected chi connectivity index (χ2v) is 8.45. The molecule has 154 valence electrons. The molecule has 0 spiro atoms. The molecule has 0 aromatic heterocycles. The van der Waals surface area contributed by atoms with E-state index in [1.165, 1.54) is 40.7 Å². The number of rotatable bonds is 10. The Balaban J connectivity index is 2.08. The highest BCUT2D eigenvalue weighted by Crippen LogP contribution is 2.24. The number of carbonyl (C=O) groups excluding carboxylic acids is 1. The number of para-hydroxylation sites is 1. The monoisotopic (exact) mass is 434 g/mol. The zero-order chi connectivity index (χ0) is 21.4. The minimum absolute atomic E-state index is 0.111. The first kappa shape index (κ1) is 22.7. The van der Waals surface area contributed by atoms with E-state index in [-0.39, 0.29) is 23.9 Å². The number of carbonyl (C=O) groups is 1. The number of hydrogen-bond donors (Lipinski definition) is 1. The van der Waals surface area contributed by atoms with Crippen LogP contribution in [0.1, 0.15) is 6.92 Å². The lowest BCUT2D eigenvalue weighted by molar-refractivity contribution is -0.122. The van der Waals surface area contributed by atoms with Gasteiger partial charge in [0.1, 0.15) is 5.75 Å². The summed E-state index contributed by atoms with van der Waals surface area (Å²) in [6.45, 7) is 9.10.